The number of nitrogens with one attached hydrogen (secondary N) is 1. The molecule has 2 bridgehead atoms. The predicted octanol–water partition coefficient (Wildman–Crippen LogP) is 4.80. The molecule has 7 nitrogen and oxygen atoms in total. The number of benzene rings is 1. The van der Waals surface area contributed by atoms with E-state index in [2.05, 4.69) is 19.2 Å². The van der Waals surface area contributed by atoms with E-state index in [0.29, 0.717) is 42.7 Å². The zero-order valence-electron chi connectivity index (χ0n) is 24.2. The monoisotopic (exact) mass is 593 g/mol. The van der Waals surface area contributed by atoms with Crippen molar-refractivity contribution < 1.29 is 17.9 Å². The summed E-state index contributed by atoms with van der Waals surface area (Å²) in [6.45, 7) is 5.47. The first-order chi connectivity index (χ1) is 19.1. The second-order valence-corrected chi connectivity index (χ2v) is 15.6. The molecule has 9 heteroatoms. The minimum Gasteiger partial charge on any atom is -0.375 e. The van der Waals surface area contributed by atoms with E-state index >= 15 is 0 Å². The molecule has 4 fully saturated rings. The Morgan fingerprint density at radius 3 is 2.45 bits per heavy atom. The van der Waals surface area contributed by atoms with Crippen LogP contribution in [0.2, 0.25) is 5.02 Å². The number of halogens is 1. The number of Topliss-reactive ketones (excluding diaryl/α,β-unsaturated/α-hetero) is 1. The van der Waals surface area contributed by atoms with E-state index in [1.54, 1.807) is 4.31 Å². The van der Waals surface area contributed by atoms with Gasteiger partial charge in [-0.25, -0.2) is 8.42 Å². The van der Waals surface area contributed by atoms with Crippen molar-refractivity contribution in [1.29, 1.82) is 0 Å². The van der Waals surface area contributed by atoms with Crippen molar-refractivity contribution in [2.75, 3.05) is 18.8 Å². The second-order valence-electron chi connectivity index (χ2n) is 13.1. The zero-order chi connectivity index (χ0) is 28.5. The van der Waals surface area contributed by atoms with Crippen LogP contribution in [-0.2, 0) is 25.0 Å². The van der Waals surface area contributed by atoms with E-state index in [1.165, 1.54) is 6.42 Å². The lowest BCUT2D eigenvalue weighted by Crippen LogP contribution is -2.57. The molecule has 3 aliphatic heterocycles. The van der Waals surface area contributed by atoms with Crippen LogP contribution in [0.15, 0.2) is 24.3 Å². The molecule has 0 aromatic heterocycles. The Kier molecular flexibility index (Phi) is 9.65. The number of fused-ring (bicyclic) bond motifs is 2. The van der Waals surface area contributed by atoms with Crippen LogP contribution < -0.4 is 11.1 Å². The summed E-state index contributed by atoms with van der Waals surface area (Å²) in [5, 5.41) is 4.27. The van der Waals surface area contributed by atoms with Crippen LogP contribution in [0.25, 0.3) is 0 Å². The molecule has 1 aliphatic carbocycles. The van der Waals surface area contributed by atoms with Gasteiger partial charge in [-0.1, -0.05) is 43.0 Å². The highest BCUT2D eigenvalue weighted by Crippen LogP contribution is 2.44. The number of sulfonamides is 1. The molecule has 3 saturated heterocycles. The molecule has 224 valence electrons. The fourth-order valence-corrected chi connectivity index (χ4v) is 10.3. The Bertz CT molecular complexity index is 1120. The molecule has 0 amide bonds. The summed E-state index contributed by atoms with van der Waals surface area (Å²) in [5.74, 6) is 1.13. The third-order valence-corrected chi connectivity index (χ3v) is 12.5. The minimum atomic E-state index is -3.19. The van der Waals surface area contributed by atoms with E-state index in [1.807, 2.05) is 24.3 Å². The van der Waals surface area contributed by atoms with Gasteiger partial charge < -0.3 is 15.8 Å². The van der Waals surface area contributed by atoms with Crippen molar-refractivity contribution in [3.05, 3.63) is 34.9 Å². The van der Waals surface area contributed by atoms with Gasteiger partial charge in [0.05, 0.1) is 24.0 Å². The molecule has 4 aliphatic rings. The number of ether oxygens (including phenoxy) is 1. The van der Waals surface area contributed by atoms with E-state index in [0.717, 1.165) is 57.1 Å². The largest absolute Gasteiger partial charge is 0.375 e. The Morgan fingerprint density at radius 1 is 1.07 bits per heavy atom. The Balaban J connectivity index is 1.28. The summed E-state index contributed by atoms with van der Waals surface area (Å²) >= 11 is 6.22. The van der Waals surface area contributed by atoms with Crippen molar-refractivity contribution >= 4 is 27.4 Å². The van der Waals surface area contributed by atoms with Gasteiger partial charge in [0.25, 0.3) is 0 Å². The van der Waals surface area contributed by atoms with Crippen molar-refractivity contribution in [1.82, 2.24) is 9.62 Å². The maximum atomic E-state index is 14.0. The van der Waals surface area contributed by atoms with Gasteiger partial charge in [-0.2, -0.15) is 4.31 Å². The van der Waals surface area contributed by atoms with Gasteiger partial charge in [-0.15, -0.1) is 0 Å². The summed E-state index contributed by atoms with van der Waals surface area (Å²) in [6, 6.07) is 7.53. The maximum Gasteiger partial charge on any atom is 0.214 e. The lowest BCUT2D eigenvalue weighted by molar-refractivity contribution is -0.127. The van der Waals surface area contributed by atoms with Gasteiger partial charge in [0.15, 0.2) is 5.78 Å². The first-order valence-electron chi connectivity index (χ1n) is 15.5. The topological polar surface area (TPSA) is 102 Å². The number of carbonyl (C=O) groups is 1. The van der Waals surface area contributed by atoms with E-state index < -0.39 is 21.5 Å². The number of rotatable bonds is 8. The van der Waals surface area contributed by atoms with Crippen LogP contribution in [-0.4, -0.2) is 67.7 Å². The summed E-state index contributed by atoms with van der Waals surface area (Å²) in [6.07, 6.45) is 9.87. The maximum absolute atomic E-state index is 14.0. The molecule has 1 aromatic carbocycles. The Morgan fingerprint density at radius 2 is 1.75 bits per heavy atom. The number of hydrogen-bond acceptors (Lipinski definition) is 6. The molecular formula is C31H48ClN3O4S. The molecule has 5 rings (SSSR count). The highest BCUT2D eigenvalue weighted by Gasteiger charge is 2.48. The summed E-state index contributed by atoms with van der Waals surface area (Å²) < 4.78 is 33.8. The van der Waals surface area contributed by atoms with Crippen LogP contribution >= 0.6 is 11.6 Å². The number of carbonyl (C=O) groups excluding carboxylic acids is 1. The van der Waals surface area contributed by atoms with Crippen molar-refractivity contribution in [2.45, 2.75) is 120 Å². The molecule has 1 saturated carbocycles. The molecule has 1 aromatic rings. The van der Waals surface area contributed by atoms with Crippen LogP contribution in [0.5, 0.6) is 0 Å². The van der Waals surface area contributed by atoms with E-state index in [4.69, 9.17) is 22.1 Å². The highest BCUT2D eigenvalue weighted by molar-refractivity contribution is 7.89. The quantitative estimate of drug-likeness (QED) is 0.449. The Labute approximate surface area is 246 Å². The molecule has 3 N–H and O–H groups in total. The molecule has 40 heavy (non-hydrogen) atoms. The normalized spacial score (nSPS) is 38.8. The SMILES string of the molecule is C[C@@H]1CC(c2ccc(Cl)cc2)([C@H](N)C(=O)C[C@H]2CCCC[C@@H]2CC[C@H]2CN[C@@H]3CCCS(=O)(=O)N2C3)C[C@H](C)O1. The van der Waals surface area contributed by atoms with Gasteiger partial charge in [0, 0.05) is 42.0 Å². The van der Waals surface area contributed by atoms with Crippen LogP contribution in [0, 0.1) is 11.8 Å². The lowest BCUT2D eigenvalue weighted by Gasteiger charge is -2.47. The number of hydrogen-bond donors (Lipinski definition) is 2. The fourth-order valence-electron chi connectivity index (χ4n) is 8.33. The number of nitrogens with zero attached hydrogens (tertiary/aromatic N) is 1. The van der Waals surface area contributed by atoms with Gasteiger partial charge in [-0.3, -0.25) is 4.79 Å². The predicted molar refractivity (Wildman–Crippen MR) is 160 cm³/mol. The number of nitrogens with two attached hydrogens (primary N) is 1. The third-order valence-electron chi connectivity index (χ3n) is 10.3. The van der Waals surface area contributed by atoms with Crippen molar-refractivity contribution in [3.8, 4) is 0 Å². The lowest BCUT2D eigenvalue weighted by atomic mass is 9.63. The molecular weight excluding hydrogens is 546 g/mol. The van der Waals surface area contributed by atoms with Gasteiger partial charge in [-0.05, 0) is 88.3 Å². The minimum absolute atomic E-state index is 0.0123. The van der Waals surface area contributed by atoms with E-state index in [9.17, 15) is 13.2 Å². The van der Waals surface area contributed by atoms with Crippen LogP contribution in [0.1, 0.15) is 90.0 Å². The molecule has 0 radical (unpaired) electrons. The van der Waals surface area contributed by atoms with Crippen LogP contribution in [0.4, 0.5) is 0 Å². The molecule has 0 spiro atoms. The fraction of sp³-hybridized carbons (Fsp3) is 0.774. The van der Waals surface area contributed by atoms with Gasteiger partial charge >= 0.3 is 0 Å². The Hall–Kier alpha value is -1.03. The first kappa shape index (κ1) is 30.4. The van der Waals surface area contributed by atoms with Gasteiger partial charge in [0.2, 0.25) is 10.0 Å². The highest BCUT2D eigenvalue weighted by atomic mass is 35.5. The summed E-state index contributed by atoms with van der Waals surface area (Å²) in [5.41, 5.74) is 7.55. The smallest absolute Gasteiger partial charge is 0.214 e. The van der Waals surface area contributed by atoms with Crippen molar-refractivity contribution in [2.24, 2.45) is 17.6 Å². The average molecular weight is 594 g/mol. The number of piperazine rings is 1. The zero-order valence-corrected chi connectivity index (χ0v) is 25.8. The van der Waals surface area contributed by atoms with Gasteiger partial charge in [0.1, 0.15) is 0 Å². The molecule has 3 heterocycles. The first-order valence-corrected chi connectivity index (χ1v) is 17.5. The van der Waals surface area contributed by atoms with Crippen molar-refractivity contribution in [3.63, 3.8) is 0 Å². The molecule has 9 atom stereocenters. The summed E-state index contributed by atoms with van der Waals surface area (Å²) in [4.78, 5) is 14.0. The molecule has 2 unspecified atom stereocenters. The third kappa shape index (κ3) is 6.63. The van der Waals surface area contributed by atoms with Crippen LogP contribution in [0.3, 0.4) is 0 Å². The number of ketones is 1. The second kappa shape index (κ2) is 12.7. The average Bonchev–Trinajstić information content (AvgIpc) is 3.03. The van der Waals surface area contributed by atoms with E-state index in [-0.39, 0.29) is 35.8 Å². The summed E-state index contributed by atoms with van der Waals surface area (Å²) in [7, 11) is -3.19. The standard InChI is InChI=1S/C31H48ClN3O4S/c1-21-17-31(18-22(2)39-21,25-10-12-26(32)13-11-25)30(33)29(36)16-24-7-4-3-6-23(24)9-14-28-19-34-27-8-5-15-40(37,38)35(28)20-27/h10-13,21-24,27-28,30,34H,3-9,14-20,33H2,1-2H3/t21-,22+,23-,24-,27-,28+,30-,31?/m1/s1.